The highest BCUT2D eigenvalue weighted by Crippen LogP contribution is 2.33. The summed E-state index contributed by atoms with van der Waals surface area (Å²) in [4.78, 5) is 31.8. The van der Waals surface area contributed by atoms with Crippen LogP contribution in [0.25, 0.3) is 5.57 Å². The number of esters is 1. The third kappa shape index (κ3) is 8.59. The SMILES string of the molecule is O=C(OCCC[NH+]1CCC(=C(c2ccsc2)c2ccsc2)CC1)C1CCCCC1.O=C([O-])C(=O)O. The minimum atomic E-state index is -2.07. The second-order valence-corrected chi connectivity index (χ2v) is 10.5. The summed E-state index contributed by atoms with van der Waals surface area (Å²) in [5, 5.41) is 25.2. The molecule has 1 saturated heterocycles. The minimum Gasteiger partial charge on any atom is -0.539 e. The molecular formula is C26H33NO6S2. The first kappa shape index (κ1) is 27.1. The van der Waals surface area contributed by atoms with Gasteiger partial charge in [0, 0.05) is 19.3 Å². The van der Waals surface area contributed by atoms with Crippen molar-refractivity contribution in [2.45, 2.75) is 51.4 Å². The molecule has 35 heavy (non-hydrogen) atoms. The number of piperidine rings is 1. The van der Waals surface area contributed by atoms with Crippen LogP contribution in [0.5, 0.6) is 0 Å². The van der Waals surface area contributed by atoms with Crippen LogP contribution >= 0.6 is 22.7 Å². The molecule has 3 heterocycles. The summed E-state index contributed by atoms with van der Waals surface area (Å²) in [6.45, 7) is 4.07. The summed E-state index contributed by atoms with van der Waals surface area (Å²) < 4.78 is 5.57. The lowest BCUT2D eigenvalue weighted by Crippen LogP contribution is -3.12. The van der Waals surface area contributed by atoms with E-state index < -0.39 is 11.9 Å². The molecule has 9 heteroatoms. The number of carbonyl (C=O) groups is 3. The molecular weight excluding hydrogens is 486 g/mol. The van der Waals surface area contributed by atoms with E-state index in [1.807, 2.05) is 0 Å². The molecule has 1 aliphatic heterocycles. The van der Waals surface area contributed by atoms with Crippen molar-refractivity contribution in [3.05, 3.63) is 50.4 Å². The van der Waals surface area contributed by atoms with Crippen molar-refractivity contribution in [1.29, 1.82) is 0 Å². The quantitative estimate of drug-likeness (QED) is 0.331. The maximum atomic E-state index is 12.2. The van der Waals surface area contributed by atoms with Crippen molar-refractivity contribution in [3.8, 4) is 0 Å². The summed E-state index contributed by atoms with van der Waals surface area (Å²) in [5.41, 5.74) is 5.82. The van der Waals surface area contributed by atoms with Gasteiger partial charge in [-0.3, -0.25) is 4.79 Å². The number of thiophene rings is 2. The summed E-state index contributed by atoms with van der Waals surface area (Å²) in [6, 6.07) is 4.51. The number of carbonyl (C=O) groups excluding carboxylic acids is 2. The number of quaternary nitrogens is 1. The van der Waals surface area contributed by atoms with Crippen LogP contribution in [0.1, 0.15) is 62.5 Å². The second-order valence-electron chi connectivity index (χ2n) is 8.95. The fourth-order valence-corrected chi connectivity index (χ4v) is 6.04. The Bertz CT molecular complexity index is 919. The van der Waals surface area contributed by atoms with Gasteiger partial charge in [-0.2, -0.15) is 22.7 Å². The Morgan fingerprint density at radius 1 is 1.00 bits per heavy atom. The Kier molecular flexibility index (Phi) is 11.0. The Balaban J connectivity index is 0.000000509. The van der Waals surface area contributed by atoms with Crippen LogP contribution in [0.2, 0.25) is 0 Å². The Morgan fingerprint density at radius 2 is 1.57 bits per heavy atom. The summed E-state index contributed by atoms with van der Waals surface area (Å²) >= 11 is 3.56. The topological polar surface area (TPSA) is 108 Å². The van der Waals surface area contributed by atoms with Crippen molar-refractivity contribution in [2.75, 3.05) is 26.2 Å². The average Bonchev–Trinajstić information content (AvgIpc) is 3.59. The number of carboxylic acid groups (broad SMARTS) is 2. The summed E-state index contributed by atoms with van der Waals surface area (Å²) in [5.74, 6) is -3.78. The van der Waals surface area contributed by atoms with E-state index in [9.17, 15) is 4.79 Å². The van der Waals surface area contributed by atoms with E-state index in [-0.39, 0.29) is 11.9 Å². The number of nitrogens with one attached hydrogen (secondary N) is 1. The fourth-order valence-electron chi connectivity index (χ4n) is 4.74. The van der Waals surface area contributed by atoms with Gasteiger partial charge in [0.15, 0.2) is 5.97 Å². The number of rotatable bonds is 7. The normalized spacial score (nSPS) is 18.3. The zero-order chi connectivity index (χ0) is 25.0. The molecule has 0 unspecified atom stereocenters. The Hall–Kier alpha value is -2.49. The highest BCUT2D eigenvalue weighted by molar-refractivity contribution is 7.08. The molecule has 190 valence electrons. The first-order valence-electron chi connectivity index (χ1n) is 12.2. The van der Waals surface area contributed by atoms with Crippen LogP contribution in [0.4, 0.5) is 0 Å². The molecule has 0 spiro atoms. The number of aliphatic carboxylic acids is 2. The molecule has 7 nitrogen and oxygen atoms in total. The van der Waals surface area contributed by atoms with Gasteiger partial charge in [0.25, 0.3) is 0 Å². The standard InChI is InChI=1S/C24H31NO2S2.C2H2O4/c26-24(20-5-2-1-3-6-20)27-14-4-11-25-12-7-19(8-13-25)23(21-9-15-28-17-21)22-10-16-29-18-22;3-1(4)2(5)6/h9-10,15-18,20H,1-8,11-14H2;(H,3,4)(H,5,6). The van der Waals surface area contributed by atoms with Gasteiger partial charge in [-0.1, -0.05) is 24.8 Å². The van der Waals surface area contributed by atoms with E-state index in [0.717, 1.165) is 38.6 Å². The molecule has 0 atom stereocenters. The highest BCUT2D eigenvalue weighted by Gasteiger charge is 2.24. The van der Waals surface area contributed by atoms with Gasteiger partial charge in [0.05, 0.1) is 32.2 Å². The van der Waals surface area contributed by atoms with E-state index in [1.54, 1.807) is 33.1 Å². The predicted molar refractivity (Wildman–Crippen MR) is 134 cm³/mol. The van der Waals surface area contributed by atoms with Gasteiger partial charge in [-0.25, -0.2) is 4.79 Å². The lowest BCUT2D eigenvalue weighted by atomic mass is 9.89. The third-order valence-electron chi connectivity index (χ3n) is 6.57. The Labute approximate surface area is 214 Å². The molecule has 0 bridgehead atoms. The molecule has 2 aromatic rings. The van der Waals surface area contributed by atoms with Crippen LogP contribution in [-0.2, 0) is 19.1 Å². The van der Waals surface area contributed by atoms with Crippen LogP contribution in [0, 0.1) is 5.92 Å². The van der Waals surface area contributed by atoms with E-state index in [1.165, 1.54) is 49.1 Å². The first-order chi connectivity index (χ1) is 17.0. The molecule has 2 N–H and O–H groups in total. The van der Waals surface area contributed by atoms with Crippen molar-refractivity contribution >= 4 is 46.2 Å². The maximum Gasteiger partial charge on any atom is 0.351 e. The number of carboxylic acids is 2. The van der Waals surface area contributed by atoms with Gasteiger partial charge >= 0.3 is 11.9 Å². The fraction of sp³-hybridized carbons (Fsp3) is 0.500. The number of ether oxygens (including phenoxy) is 1. The Morgan fingerprint density at radius 3 is 2.06 bits per heavy atom. The highest BCUT2D eigenvalue weighted by atomic mass is 32.1. The van der Waals surface area contributed by atoms with Crippen molar-refractivity contribution < 1.29 is 34.2 Å². The average molecular weight is 520 g/mol. The van der Waals surface area contributed by atoms with E-state index in [2.05, 4.69) is 33.7 Å². The van der Waals surface area contributed by atoms with E-state index in [0.29, 0.717) is 6.61 Å². The number of likely N-dealkylation sites (tertiary alicyclic amines) is 1. The zero-order valence-electron chi connectivity index (χ0n) is 19.8. The molecule has 1 aliphatic carbocycles. The lowest BCUT2D eigenvalue weighted by molar-refractivity contribution is -0.903. The molecule has 2 fully saturated rings. The van der Waals surface area contributed by atoms with Crippen LogP contribution in [0.3, 0.4) is 0 Å². The van der Waals surface area contributed by atoms with Gasteiger partial charge in [0.1, 0.15) is 0 Å². The first-order valence-corrected chi connectivity index (χ1v) is 14.1. The van der Waals surface area contributed by atoms with Gasteiger partial charge in [0.2, 0.25) is 0 Å². The predicted octanol–water partition coefficient (Wildman–Crippen LogP) is 2.62. The monoisotopic (exact) mass is 519 g/mol. The summed E-state index contributed by atoms with van der Waals surface area (Å²) in [6.07, 6.45) is 9.02. The summed E-state index contributed by atoms with van der Waals surface area (Å²) in [7, 11) is 0. The lowest BCUT2D eigenvalue weighted by Gasteiger charge is -2.27. The van der Waals surface area contributed by atoms with Gasteiger partial charge in [-0.15, -0.1) is 0 Å². The molecule has 1 saturated carbocycles. The number of hydrogen-bond donors (Lipinski definition) is 2. The minimum absolute atomic E-state index is 0.0553. The zero-order valence-corrected chi connectivity index (χ0v) is 21.5. The van der Waals surface area contributed by atoms with Crippen molar-refractivity contribution in [1.82, 2.24) is 0 Å². The molecule has 2 aromatic heterocycles. The van der Waals surface area contributed by atoms with Crippen molar-refractivity contribution in [2.24, 2.45) is 5.92 Å². The van der Waals surface area contributed by atoms with E-state index >= 15 is 0 Å². The van der Waals surface area contributed by atoms with Gasteiger partial charge < -0.3 is 24.6 Å². The molecule has 0 radical (unpaired) electrons. The molecule has 0 amide bonds. The smallest absolute Gasteiger partial charge is 0.351 e. The molecule has 4 rings (SSSR count). The molecule has 0 aromatic carbocycles. The van der Waals surface area contributed by atoms with Crippen LogP contribution in [-0.4, -0.2) is 49.3 Å². The third-order valence-corrected chi connectivity index (χ3v) is 7.93. The largest absolute Gasteiger partial charge is 0.539 e. The van der Waals surface area contributed by atoms with E-state index in [4.69, 9.17) is 24.5 Å². The van der Waals surface area contributed by atoms with Crippen LogP contribution in [0.15, 0.2) is 39.2 Å². The number of hydrogen-bond acceptors (Lipinski definition) is 7. The second kappa shape index (κ2) is 14.2. The molecule has 2 aliphatic rings. The van der Waals surface area contributed by atoms with Gasteiger partial charge in [-0.05, 0) is 63.2 Å². The van der Waals surface area contributed by atoms with Crippen molar-refractivity contribution in [3.63, 3.8) is 0 Å². The van der Waals surface area contributed by atoms with Crippen LogP contribution < -0.4 is 10.0 Å². The maximum absolute atomic E-state index is 12.2.